The van der Waals surface area contributed by atoms with Gasteiger partial charge in [0, 0.05) is 19.3 Å². The molecule has 19 heavy (non-hydrogen) atoms. The minimum absolute atomic E-state index is 0.0712. The van der Waals surface area contributed by atoms with Crippen molar-refractivity contribution in [3.63, 3.8) is 0 Å². The monoisotopic (exact) mass is 266 g/mol. The van der Waals surface area contributed by atoms with E-state index in [2.05, 4.69) is 10.3 Å². The summed E-state index contributed by atoms with van der Waals surface area (Å²) in [6.45, 7) is 6.96. The van der Waals surface area contributed by atoms with Crippen molar-refractivity contribution < 1.29 is 14.6 Å². The Hall–Kier alpha value is -1.62. The molecule has 0 aliphatic rings. The topological polar surface area (TPSA) is 71.5 Å². The molecule has 0 amide bonds. The van der Waals surface area contributed by atoms with E-state index < -0.39 is 0 Å². The van der Waals surface area contributed by atoms with Crippen molar-refractivity contribution in [2.75, 3.05) is 25.1 Å². The number of aliphatic hydroxyl groups excluding tert-OH is 1. The Morgan fingerprint density at radius 2 is 2.26 bits per heavy atom. The maximum absolute atomic E-state index is 11.8. The number of nitrogens with zero attached hydrogens (tertiary/aromatic N) is 1. The van der Waals surface area contributed by atoms with E-state index in [9.17, 15) is 4.79 Å². The van der Waals surface area contributed by atoms with Crippen LogP contribution in [0.3, 0.4) is 0 Å². The molecule has 0 spiro atoms. The van der Waals surface area contributed by atoms with Crippen molar-refractivity contribution in [2.24, 2.45) is 5.41 Å². The van der Waals surface area contributed by atoms with Crippen LogP contribution in [0, 0.1) is 5.41 Å². The number of hydrogen-bond donors (Lipinski definition) is 2. The molecule has 0 bridgehead atoms. The van der Waals surface area contributed by atoms with E-state index in [1.54, 1.807) is 25.3 Å². The average Bonchev–Trinajstić information content (AvgIpc) is 2.37. The van der Waals surface area contributed by atoms with Crippen LogP contribution in [0.5, 0.6) is 0 Å². The molecule has 1 rings (SSSR count). The van der Waals surface area contributed by atoms with Gasteiger partial charge in [-0.05, 0) is 30.9 Å². The van der Waals surface area contributed by atoms with Crippen molar-refractivity contribution in [3.8, 4) is 0 Å². The highest BCUT2D eigenvalue weighted by Gasteiger charge is 2.19. The van der Waals surface area contributed by atoms with E-state index in [0.717, 1.165) is 0 Å². The number of ether oxygens (including phenoxy) is 1. The van der Waals surface area contributed by atoms with Crippen molar-refractivity contribution in [1.82, 2.24) is 4.98 Å². The predicted molar refractivity (Wildman–Crippen MR) is 74.2 cm³/mol. The van der Waals surface area contributed by atoms with Gasteiger partial charge in [0.05, 0.1) is 6.61 Å². The Morgan fingerprint density at radius 3 is 2.89 bits per heavy atom. The summed E-state index contributed by atoms with van der Waals surface area (Å²) in [5.41, 5.74) is 0.363. The third-order valence-electron chi connectivity index (χ3n) is 2.83. The molecule has 0 radical (unpaired) electrons. The molecule has 0 aromatic carbocycles. The fraction of sp³-hybridized carbons (Fsp3) is 0.571. The first-order valence-corrected chi connectivity index (χ1v) is 6.47. The summed E-state index contributed by atoms with van der Waals surface area (Å²) in [5, 5.41) is 12.1. The number of carbonyl (C=O) groups is 1. The van der Waals surface area contributed by atoms with Gasteiger partial charge in [-0.2, -0.15) is 0 Å². The van der Waals surface area contributed by atoms with Gasteiger partial charge in [-0.3, -0.25) is 0 Å². The highest BCUT2D eigenvalue weighted by atomic mass is 16.5. The number of pyridine rings is 1. The maximum Gasteiger partial charge on any atom is 0.341 e. The second-order valence-electron chi connectivity index (χ2n) is 5.11. The third kappa shape index (κ3) is 4.87. The Kier molecular flexibility index (Phi) is 5.76. The second kappa shape index (κ2) is 7.09. The van der Waals surface area contributed by atoms with Gasteiger partial charge in [0.1, 0.15) is 11.4 Å². The number of aliphatic hydroxyl groups is 1. The summed E-state index contributed by atoms with van der Waals surface area (Å²) in [7, 11) is 0. The van der Waals surface area contributed by atoms with Crippen LogP contribution in [-0.4, -0.2) is 35.8 Å². The van der Waals surface area contributed by atoms with Gasteiger partial charge in [0.25, 0.3) is 0 Å². The van der Waals surface area contributed by atoms with E-state index in [-0.39, 0.29) is 18.0 Å². The van der Waals surface area contributed by atoms with Crippen LogP contribution in [0.15, 0.2) is 18.3 Å². The lowest BCUT2D eigenvalue weighted by atomic mass is 9.90. The molecule has 2 N–H and O–H groups in total. The minimum Gasteiger partial charge on any atom is -0.462 e. The Balaban J connectivity index is 2.76. The number of hydrogen-bond acceptors (Lipinski definition) is 5. The summed E-state index contributed by atoms with van der Waals surface area (Å²) in [6.07, 6.45) is 2.31. The van der Waals surface area contributed by atoms with Gasteiger partial charge in [-0.1, -0.05) is 13.8 Å². The first kappa shape index (κ1) is 15.4. The lowest BCUT2D eigenvalue weighted by Crippen LogP contribution is -2.25. The van der Waals surface area contributed by atoms with Crippen molar-refractivity contribution >= 4 is 11.8 Å². The van der Waals surface area contributed by atoms with Gasteiger partial charge in [0.2, 0.25) is 0 Å². The van der Waals surface area contributed by atoms with Crippen molar-refractivity contribution in [1.29, 1.82) is 0 Å². The zero-order chi connectivity index (χ0) is 14.3. The summed E-state index contributed by atoms with van der Waals surface area (Å²) < 4.78 is 4.99. The number of carbonyl (C=O) groups excluding carboxylic acids is 1. The molecule has 1 aromatic rings. The molecule has 0 atom stereocenters. The fourth-order valence-electron chi connectivity index (χ4n) is 1.63. The molecule has 5 nitrogen and oxygen atoms in total. The van der Waals surface area contributed by atoms with Crippen molar-refractivity contribution in [3.05, 3.63) is 23.9 Å². The molecule has 5 heteroatoms. The molecule has 0 fully saturated rings. The molecular formula is C14H22N2O3. The summed E-state index contributed by atoms with van der Waals surface area (Å²) >= 11 is 0. The molecule has 0 unspecified atom stereocenters. The second-order valence-corrected chi connectivity index (χ2v) is 5.11. The van der Waals surface area contributed by atoms with Gasteiger partial charge >= 0.3 is 5.97 Å². The molecule has 1 aromatic heterocycles. The largest absolute Gasteiger partial charge is 0.462 e. The van der Waals surface area contributed by atoms with Crippen LogP contribution >= 0.6 is 0 Å². The Bertz CT molecular complexity index is 419. The van der Waals surface area contributed by atoms with Crippen LogP contribution in [0.1, 0.15) is 37.6 Å². The smallest absolute Gasteiger partial charge is 0.341 e. The SMILES string of the molecule is CCOC(=O)c1cccnc1NCC(C)(C)CCO. The quantitative estimate of drug-likeness (QED) is 0.739. The number of rotatable bonds is 7. The molecule has 106 valence electrons. The van der Waals surface area contributed by atoms with Crippen LogP contribution in [0.4, 0.5) is 5.82 Å². The Morgan fingerprint density at radius 1 is 1.53 bits per heavy atom. The first-order chi connectivity index (χ1) is 9.00. The molecule has 1 heterocycles. The van der Waals surface area contributed by atoms with E-state index in [4.69, 9.17) is 9.84 Å². The lowest BCUT2D eigenvalue weighted by Gasteiger charge is -2.24. The Labute approximate surface area is 114 Å². The van der Waals surface area contributed by atoms with E-state index in [1.807, 2.05) is 13.8 Å². The summed E-state index contributed by atoms with van der Waals surface area (Å²) in [6, 6.07) is 3.39. The standard InChI is InChI=1S/C14H22N2O3/c1-4-19-13(18)11-6-5-8-15-12(11)16-10-14(2,3)7-9-17/h5-6,8,17H,4,7,9-10H2,1-3H3,(H,15,16). The van der Waals surface area contributed by atoms with E-state index in [0.29, 0.717) is 31.0 Å². The molecule has 0 aliphatic heterocycles. The maximum atomic E-state index is 11.8. The fourth-order valence-corrected chi connectivity index (χ4v) is 1.63. The van der Waals surface area contributed by atoms with Gasteiger partial charge in [0.15, 0.2) is 0 Å². The average molecular weight is 266 g/mol. The molecule has 0 saturated heterocycles. The van der Waals surface area contributed by atoms with Crippen LogP contribution in [0.25, 0.3) is 0 Å². The molecule has 0 aliphatic carbocycles. The zero-order valence-corrected chi connectivity index (χ0v) is 11.8. The highest BCUT2D eigenvalue weighted by molar-refractivity contribution is 5.94. The zero-order valence-electron chi connectivity index (χ0n) is 11.8. The normalized spacial score (nSPS) is 11.2. The molecular weight excluding hydrogens is 244 g/mol. The number of esters is 1. The van der Waals surface area contributed by atoms with Crippen LogP contribution < -0.4 is 5.32 Å². The number of aromatic nitrogens is 1. The summed E-state index contributed by atoms with van der Waals surface area (Å²) in [5.74, 6) is 0.144. The van der Waals surface area contributed by atoms with E-state index >= 15 is 0 Å². The summed E-state index contributed by atoms with van der Waals surface area (Å²) in [4.78, 5) is 15.9. The van der Waals surface area contributed by atoms with Gasteiger partial charge in [-0.15, -0.1) is 0 Å². The number of nitrogens with one attached hydrogen (secondary N) is 1. The van der Waals surface area contributed by atoms with Crippen molar-refractivity contribution in [2.45, 2.75) is 27.2 Å². The lowest BCUT2D eigenvalue weighted by molar-refractivity contribution is 0.0527. The van der Waals surface area contributed by atoms with E-state index in [1.165, 1.54) is 0 Å². The highest BCUT2D eigenvalue weighted by Crippen LogP contribution is 2.21. The van der Waals surface area contributed by atoms with Gasteiger partial charge < -0.3 is 15.2 Å². The van der Waals surface area contributed by atoms with Crippen LogP contribution in [-0.2, 0) is 4.74 Å². The predicted octanol–water partition coefficient (Wildman–Crippen LogP) is 2.08. The first-order valence-electron chi connectivity index (χ1n) is 6.47. The number of anilines is 1. The minimum atomic E-state index is -0.377. The third-order valence-corrected chi connectivity index (χ3v) is 2.83. The van der Waals surface area contributed by atoms with Crippen LogP contribution in [0.2, 0.25) is 0 Å². The molecule has 0 saturated carbocycles. The van der Waals surface area contributed by atoms with Gasteiger partial charge in [-0.25, -0.2) is 9.78 Å².